The molecule has 0 nitrogen and oxygen atoms in total. The molecule has 0 spiro atoms. The van der Waals surface area contributed by atoms with E-state index in [1.54, 1.807) is 0 Å². The molecule has 3 aliphatic heterocycles. The van der Waals surface area contributed by atoms with E-state index in [1.165, 1.54) is 49.3 Å². The minimum absolute atomic E-state index is 0.621. The molecular weight excluding hydrogens is 488 g/mol. The first kappa shape index (κ1) is 22.8. The molecule has 0 fully saturated rings. The number of rotatable bonds is 0. The van der Waals surface area contributed by atoms with Gasteiger partial charge in [-0.3, -0.25) is 0 Å². The van der Waals surface area contributed by atoms with Crippen LogP contribution in [0.5, 0.6) is 0 Å². The van der Waals surface area contributed by atoms with Crippen molar-refractivity contribution in [2.24, 2.45) is 0 Å². The Labute approximate surface area is 217 Å². The minimum atomic E-state index is -0.621. The average Bonchev–Trinajstić information content (AvgIpc) is 2.86. The zero-order chi connectivity index (χ0) is 22.7. The second-order valence-electron chi connectivity index (χ2n) is 8.86. The summed E-state index contributed by atoms with van der Waals surface area (Å²) < 4.78 is 0. The summed E-state index contributed by atoms with van der Waals surface area (Å²) >= 11 is 6.18. The third-order valence-electron chi connectivity index (χ3n) is 6.39. The third kappa shape index (κ3) is 4.86. The summed E-state index contributed by atoms with van der Waals surface area (Å²) in [5.74, 6) is 6.41. The van der Waals surface area contributed by atoms with E-state index in [0.29, 0.717) is 0 Å². The SMILES string of the molecule is c1ccc2c(c1)CSCc1cc3cc(c1)CSCc1ccccc1P2c1ccccc1CSC3. The van der Waals surface area contributed by atoms with Crippen molar-refractivity contribution in [1.82, 2.24) is 0 Å². The Bertz CT molecular complexity index is 1140. The molecule has 0 saturated heterocycles. The number of fused-ring (bicyclic) bond motifs is 6. The van der Waals surface area contributed by atoms with Crippen LogP contribution in [0.4, 0.5) is 0 Å². The maximum absolute atomic E-state index is 2.45. The van der Waals surface area contributed by atoms with Gasteiger partial charge in [0.05, 0.1) is 0 Å². The van der Waals surface area contributed by atoms with Crippen molar-refractivity contribution >= 4 is 59.1 Å². The van der Waals surface area contributed by atoms with Crippen molar-refractivity contribution < 1.29 is 0 Å². The number of benzene rings is 4. The zero-order valence-electron chi connectivity index (χ0n) is 19.1. The van der Waals surface area contributed by atoms with Crippen LogP contribution in [-0.4, -0.2) is 0 Å². The van der Waals surface area contributed by atoms with E-state index in [2.05, 4.69) is 126 Å². The maximum Gasteiger partial charge on any atom is 0.0194 e. The standard InChI is InChI=1S/C30H27PS3/c1-4-10-28-25(7-1)19-32-16-22-13-23-15-24(14-22)18-34-21-27-9-3-6-12-30(27)31(28)29-11-5-2-8-26(29)20-33-17-23/h1-15H,16-21H2. The molecule has 0 aliphatic carbocycles. The highest BCUT2D eigenvalue weighted by Crippen LogP contribution is 2.40. The first-order chi connectivity index (χ1) is 16.8. The van der Waals surface area contributed by atoms with Gasteiger partial charge in [0.2, 0.25) is 0 Å². The summed E-state index contributed by atoms with van der Waals surface area (Å²) in [5, 5.41) is 4.59. The van der Waals surface area contributed by atoms with Crippen molar-refractivity contribution in [2.75, 3.05) is 0 Å². The van der Waals surface area contributed by atoms with Gasteiger partial charge in [0, 0.05) is 34.5 Å². The van der Waals surface area contributed by atoms with Crippen molar-refractivity contribution in [3.8, 4) is 0 Å². The summed E-state index contributed by atoms with van der Waals surface area (Å²) in [6, 6.07) is 35.1. The molecule has 7 rings (SSSR count). The fraction of sp³-hybridized carbons (Fsp3) is 0.200. The average molecular weight is 515 g/mol. The quantitative estimate of drug-likeness (QED) is 0.225. The summed E-state index contributed by atoms with van der Waals surface area (Å²) in [6.07, 6.45) is 0. The smallest absolute Gasteiger partial charge is 0.0194 e. The van der Waals surface area contributed by atoms with Crippen LogP contribution in [0.1, 0.15) is 33.4 Å². The van der Waals surface area contributed by atoms with Gasteiger partial charge in [-0.25, -0.2) is 0 Å². The van der Waals surface area contributed by atoms with Crippen LogP contribution in [0.3, 0.4) is 0 Å². The van der Waals surface area contributed by atoms with Crippen LogP contribution >= 0.6 is 43.2 Å². The van der Waals surface area contributed by atoms with E-state index in [4.69, 9.17) is 0 Å². The molecule has 0 saturated carbocycles. The minimum Gasteiger partial charge on any atom is -0.152 e. The maximum atomic E-state index is 2.45. The van der Waals surface area contributed by atoms with Crippen LogP contribution < -0.4 is 15.9 Å². The molecule has 170 valence electrons. The normalized spacial score (nSPS) is 16.2. The first-order valence-electron chi connectivity index (χ1n) is 11.7. The van der Waals surface area contributed by atoms with Gasteiger partial charge in [-0.1, -0.05) is 91.0 Å². The van der Waals surface area contributed by atoms with Crippen molar-refractivity contribution in [3.05, 3.63) is 124 Å². The number of hydrogen-bond acceptors (Lipinski definition) is 3. The fourth-order valence-electron chi connectivity index (χ4n) is 4.87. The lowest BCUT2D eigenvalue weighted by molar-refractivity contribution is 1.25. The predicted molar refractivity (Wildman–Crippen MR) is 157 cm³/mol. The predicted octanol–water partition coefficient (Wildman–Crippen LogP) is 7.37. The molecule has 4 heteroatoms. The topological polar surface area (TPSA) is 0 Å². The summed E-state index contributed by atoms with van der Waals surface area (Å²) in [4.78, 5) is 0. The Balaban J connectivity index is 1.62. The monoisotopic (exact) mass is 514 g/mol. The highest BCUT2D eigenvalue weighted by atomic mass is 32.2. The Hall–Kier alpha value is -1.64. The van der Waals surface area contributed by atoms with Gasteiger partial charge in [0.1, 0.15) is 0 Å². The van der Waals surface area contributed by atoms with Crippen LogP contribution in [-0.2, 0) is 34.5 Å². The zero-order valence-corrected chi connectivity index (χ0v) is 22.4. The van der Waals surface area contributed by atoms with Crippen molar-refractivity contribution in [2.45, 2.75) is 34.5 Å². The summed E-state index contributed by atoms with van der Waals surface area (Å²) in [6.45, 7) is 0. The second kappa shape index (κ2) is 10.5. The molecule has 3 heterocycles. The first-order valence-corrected chi connectivity index (χ1v) is 16.5. The second-order valence-corrected chi connectivity index (χ2v) is 13.9. The van der Waals surface area contributed by atoms with E-state index >= 15 is 0 Å². The van der Waals surface area contributed by atoms with Crippen LogP contribution in [0.25, 0.3) is 0 Å². The van der Waals surface area contributed by atoms with Gasteiger partial charge in [-0.05, 0) is 57.2 Å². The number of thioether (sulfide) groups is 3. The fourth-order valence-corrected chi connectivity index (χ4v) is 10.9. The van der Waals surface area contributed by atoms with Crippen molar-refractivity contribution in [1.29, 1.82) is 0 Å². The Morgan fingerprint density at radius 3 is 1.09 bits per heavy atom. The van der Waals surface area contributed by atoms with E-state index in [0.717, 1.165) is 34.5 Å². The molecule has 0 N–H and O–H groups in total. The molecule has 4 aromatic rings. The van der Waals surface area contributed by atoms with Gasteiger partial charge >= 0.3 is 0 Å². The molecule has 0 atom stereocenters. The Morgan fingerprint density at radius 1 is 0.412 bits per heavy atom. The lowest BCUT2D eigenvalue weighted by Gasteiger charge is -2.27. The summed E-state index contributed by atoms with van der Waals surface area (Å²) in [7, 11) is -0.621. The highest BCUT2D eigenvalue weighted by molar-refractivity contribution is 7.98. The molecule has 3 aliphatic rings. The van der Waals surface area contributed by atoms with Gasteiger partial charge in [-0.2, -0.15) is 35.3 Å². The van der Waals surface area contributed by atoms with Crippen molar-refractivity contribution in [3.63, 3.8) is 0 Å². The van der Waals surface area contributed by atoms with E-state index in [1.807, 2.05) is 0 Å². The molecule has 0 unspecified atom stereocenters. The van der Waals surface area contributed by atoms with Gasteiger partial charge in [-0.15, -0.1) is 0 Å². The molecule has 0 amide bonds. The molecule has 4 bridgehead atoms. The highest BCUT2D eigenvalue weighted by Gasteiger charge is 2.24. The molecular formula is C30H27PS3. The van der Waals surface area contributed by atoms with Crippen LogP contribution in [0.15, 0.2) is 91.0 Å². The Morgan fingerprint density at radius 2 is 0.735 bits per heavy atom. The van der Waals surface area contributed by atoms with Gasteiger partial charge in [0.25, 0.3) is 0 Å². The Kier molecular flexibility index (Phi) is 7.07. The molecule has 0 radical (unpaired) electrons. The molecule has 34 heavy (non-hydrogen) atoms. The van der Waals surface area contributed by atoms with E-state index in [9.17, 15) is 0 Å². The van der Waals surface area contributed by atoms with Gasteiger partial charge in [0.15, 0.2) is 0 Å². The van der Waals surface area contributed by atoms with Crippen LogP contribution in [0, 0.1) is 0 Å². The third-order valence-corrected chi connectivity index (χ3v) is 12.3. The largest absolute Gasteiger partial charge is 0.152 e. The van der Waals surface area contributed by atoms with Crippen LogP contribution in [0.2, 0.25) is 0 Å². The lowest BCUT2D eigenvalue weighted by atomic mass is 10.1. The summed E-state index contributed by atoms with van der Waals surface area (Å²) in [5.41, 5.74) is 8.92. The van der Waals surface area contributed by atoms with E-state index in [-0.39, 0.29) is 0 Å². The van der Waals surface area contributed by atoms with Gasteiger partial charge < -0.3 is 0 Å². The van der Waals surface area contributed by atoms with E-state index < -0.39 is 7.92 Å². The molecule has 0 aromatic heterocycles. The molecule has 4 aromatic carbocycles. The number of hydrogen-bond donors (Lipinski definition) is 0. The lowest BCUT2D eigenvalue weighted by Crippen LogP contribution is -2.27.